The molecule has 0 heterocycles. The maximum Gasteiger partial charge on any atom is 0.165 e. The van der Waals surface area contributed by atoms with Crippen LogP contribution in [0, 0.1) is 17.6 Å². The summed E-state index contributed by atoms with van der Waals surface area (Å²) < 4.78 is 34.3. The van der Waals surface area contributed by atoms with Crippen LogP contribution in [0.25, 0.3) is 21.9 Å². The average Bonchev–Trinajstić information content (AvgIpc) is 2.74. The van der Waals surface area contributed by atoms with Crippen LogP contribution in [-0.2, 0) is 0 Å². The van der Waals surface area contributed by atoms with E-state index in [9.17, 15) is 4.39 Å². The molecule has 0 N–H and O–H groups in total. The fraction of sp³-hybridized carbons (Fsp3) is 0.385. The van der Waals surface area contributed by atoms with Crippen LogP contribution in [-0.4, -0.2) is 7.11 Å². The number of hydrogen-bond donors (Lipinski definition) is 0. The van der Waals surface area contributed by atoms with Gasteiger partial charge in [-0.05, 0) is 66.2 Å². The highest BCUT2D eigenvalue weighted by molar-refractivity contribution is 5.89. The van der Waals surface area contributed by atoms with Crippen molar-refractivity contribution in [3.63, 3.8) is 0 Å². The summed E-state index contributed by atoms with van der Waals surface area (Å²) in [6.07, 6.45) is 7.65. The van der Waals surface area contributed by atoms with Gasteiger partial charge in [-0.2, -0.15) is 0 Å². The first-order chi connectivity index (χ1) is 14.1. The Morgan fingerprint density at radius 3 is 2.41 bits per heavy atom. The molecule has 0 saturated heterocycles. The molecule has 3 heteroatoms. The molecular weight excluding hydrogens is 366 g/mol. The zero-order valence-corrected chi connectivity index (χ0v) is 17.2. The maximum atomic E-state index is 15.2. The summed E-state index contributed by atoms with van der Waals surface area (Å²) in [5, 5.41) is 1.50. The second-order valence-electron chi connectivity index (χ2n) is 8.26. The summed E-state index contributed by atoms with van der Waals surface area (Å²) in [5.41, 5.74) is 2.24. The Morgan fingerprint density at radius 2 is 1.72 bits per heavy atom. The predicted octanol–water partition coefficient (Wildman–Crippen LogP) is 7.87. The summed E-state index contributed by atoms with van der Waals surface area (Å²) in [7, 11) is 1.42. The summed E-state index contributed by atoms with van der Waals surface area (Å²) in [6, 6.07) is 14.4. The number of ether oxygens (including phenoxy) is 1. The molecule has 1 fully saturated rings. The Kier molecular flexibility index (Phi) is 5.84. The second-order valence-corrected chi connectivity index (χ2v) is 8.26. The average molecular weight is 395 g/mol. The van der Waals surface area contributed by atoms with Crippen molar-refractivity contribution in [3.05, 3.63) is 65.7 Å². The van der Waals surface area contributed by atoms with E-state index in [1.165, 1.54) is 63.3 Å². The van der Waals surface area contributed by atoms with Gasteiger partial charge >= 0.3 is 0 Å². The molecule has 29 heavy (non-hydrogen) atoms. The highest BCUT2D eigenvalue weighted by atomic mass is 19.1. The third kappa shape index (κ3) is 4.01. The van der Waals surface area contributed by atoms with Gasteiger partial charge in [0.2, 0.25) is 0 Å². The van der Waals surface area contributed by atoms with Crippen molar-refractivity contribution in [2.45, 2.75) is 51.4 Å². The number of benzene rings is 3. The topological polar surface area (TPSA) is 9.23 Å². The van der Waals surface area contributed by atoms with Crippen molar-refractivity contribution in [2.24, 2.45) is 5.92 Å². The van der Waals surface area contributed by atoms with Gasteiger partial charge in [0.15, 0.2) is 11.6 Å². The lowest BCUT2D eigenvalue weighted by molar-refractivity contribution is 0.308. The minimum absolute atomic E-state index is 0.160. The fourth-order valence-electron chi connectivity index (χ4n) is 4.81. The van der Waals surface area contributed by atoms with Crippen molar-refractivity contribution >= 4 is 10.8 Å². The first kappa shape index (κ1) is 19.9. The van der Waals surface area contributed by atoms with Crippen LogP contribution in [0.2, 0.25) is 0 Å². The number of hydrogen-bond acceptors (Lipinski definition) is 1. The molecule has 1 nitrogen and oxygen atoms in total. The number of methoxy groups -OCH3 is 1. The molecule has 0 aliphatic heterocycles. The largest absolute Gasteiger partial charge is 0.494 e. The number of halogens is 2. The monoisotopic (exact) mass is 394 g/mol. The smallest absolute Gasteiger partial charge is 0.165 e. The SMILES string of the molecule is CCCC1CCC(c2ccc3c(F)c(-c4ccc(OC)c(F)c4)ccc3c2)CC1. The Bertz CT molecular complexity index is 1000. The van der Waals surface area contributed by atoms with Crippen LogP contribution in [0.1, 0.15) is 56.9 Å². The van der Waals surface area contributed by atoms with Crippen LogP contribution in [0.15, 0.2) is 48.5 Å². The molecule has 3 aromatic carbocycles. The molecule has 152 valence electrons. The van der Waals surface area contributed by atoms with Crippen LogP contribution in [0.3, 0.4) is 0 Å². The van der Waals surface area contributed by atoms with Crippen molar-refractivity contribution in [1.29, 1.82) is 0 Å². The summed E-state index contributed by atoms with van der Waals surface area (Å²) in [6.45, 7) is 2.26. The van der Waals surface area contributed by atoms with E-state index in [0.29, 0.717) is 22.4 Å². The van der Waals surface area contributed by atoms with Gasteiger partial charge in [-0.25, -0.2) is 8.78 Å². The Hall–Kier alpha value is -2.42. The van der Waals surface area contributed by atoms with E-state index in [4.69, 9.17) is 4.74 Å². The van der Waals surface area contributed by atoms with Gasteiger partial charge in [0.25, 0.3) is 0 Å². The molecule has 0 aromatic heterocycles. The predicted molar refractivity (Wildman–Crippen MR) is 115 cm³/mol. The first-order valence-corrected chi connectivity index (χ1v) is 10.7. The van der Waals surface area contributed by atoms with Crippen LogP contribution >= 0.6 is 0 Å². The molecule has 0 amide bonds. The Balaban J connectivity index is 1.61. The van der Waals surface area contributed by atoms with Gasteiger partial charge in [0.05, 0.1) is 7.11 Å². The molecule has 0 unspecified atom stereocenters. The lowest BCUT2D eigenvalue weighted by Gasteiger charge is -2.28. The van der Waals surface area contributed by atoms with Crippen LogP contribution in [0.4, 0.5) is 8.78 Å². The fourth-order valence-corrected chi connectivity index (χ4v) is 4.81. The van der Waals surface area contributed by atoms with Gasteiger partial charge in [-0.1, -0.05) is 56.2 Å². The van der Waals surface area contributed by atoms with Crippen molar-refractivity contribution in [3.8, 4) is 16.9 Å². The van der Waals surface area contributed by atoms with Gasteiger partial charge in [-0.3, -0.25) is 0 Å². The van der Waals surface area contributed by atoms with Crippen molar-refractivity contribution < 1.29 is 13.5 Å². The number of fused-ring (bicyclic) bond motifs is 1. The second kappa shape index (κ2) is 8.52. The van der Waals surface area contributed by atoms with E-state index < -0.39 is 5.82 Å². The van der Waals surface area contributed by atoms with E-state index in [-0.39, 0.29) is 11.6 Å². The Morgan fingerprint density at radius 1 is 0.931 bits per heavy atom. The molecule has 0 radical (unpaired) electrons. The molecule has 4 rings (SSSR count). The van der Waals surface area contributed by atoms with Crippen LogP contribution in [0.5, 0.6) is 5.75 Å². The van der Waals surface area contributed by atoms with E-state index >= 15 is 4.39 Å². The van der Waals surface area contributed by atoms with Gasteiger partial charge in [-0.15, -0.1) is 0 Å². The summed E-state index contributed by atoms with van der Waals surface area (Å²) in [4.78, 5) is 0. The molecule has 0 atom stereocenters. The third-order valence-electron chi connectivity index (χ3n) is 6.46. The van der Waals surface area contributed by atoms with E-state index in [0.717, 1.165) is 11.3 Å². The molecule has 1 aliphatic carbocycles. The van der Waals surface area contributed by atoms with E-state index in [1.54, 1.807) is 12.1 Å². The normalized spacial score (nSPS) is 19.4. The molecule has 1 aliphatic rings. The lowest BCUT2D eigenvalue weighted by atomic mass is 9.77. The summed E-state index contributed by atoms with van der Waals surface area (Å²) in [5.74, 6) is 0.824. The minimum Gasteiger partial charge on any atom is -0.494 e. The molecule has 3 aromatic rings. The van der Waals surface area contributed by atoms with Gasteiger partial charge < -0.3 is 4.74 Å². The van der Waals surface area contributed by atoms with Gasteiger partial charge in [0.1, 0.15) is 5.82 Å². The lowest BCUT2D eigenvalue weighted by Crippen LogP contribution is -2.13. The Labute approximate surface area is 171 Å². The third-order valence-corrected chi connectivity index (χ3v) is 6.46. The van der Waals surface area contributed by atoms with Gasteiger partial charge in [0, 0.05) is 10.9 Å². The standard InChI is InChI=1S/C26H28F2O/c1-3-4-17-5-7-18(8-6-17)19-9-12-22-20(15-19)10-13-23(26(22)28)21-11-14-25(29-2)24(27)16-21/h9-18H,3-8H2,1-2H3. The van der Waals surface area contributed by atoms with Crippen molar-refractivity contribution in [1.82, 2.24) is 0 Å². The molecule has 0 bridgehead atoms. The minimum atomic E-state index is -0.487. The molecule has 1 saturated carbocycles. The summed E-state index contributed by atoms with van der Waals surface area (Å²) >= 11 is 0. The highest BCUT2D eigenvalue weighted by Crippen LogP contribution is 2.39. The van der Waals surface area contributed by atoms with Crippen LogP contribution < -0.4 is 4.74 Å². The first-order valence-electron chi connectivity index (χ1n) is 10.7. The maximum absolute atomic E-state index is 15.2. The zero-order chi connectivity index (χ0) is 20.4. The molecular formula is C26H28F2O. The zero-order valence-electron chi connectivity index (χ0n) is 17.2. The van der Waals surface area contributed by atoms with Crippen molar-refractivity contribution in [2.75, 3.05) is 7.11 Å². The quantitative estimate of drug-likeness (QED) is 0.428. The highest BCUT2D eigenvalue weighted by Gasteiger charge is 2.22. The van der Waals surface area contributed by atoms with E-state index in [1.807, 2.05) is 12.1 Å². The molecule has 0 spiro atoms. The van der Waals surface area contributed by atoms with E-state index in [2.05, 4.69) is 19.1 Å². The number of rotatable bonds is 5.